The number of rotatable bonds is 5. The van der Waals surface area contributed by atoms with E-state index in [-0.39, 0.29) is 11.6 Å². The van der Waals surface area contributed by atoms with Gasteiger partial charge >= 0.3 is 6.09 Å². The fourth-order valence-corrected chi connectivity index (χ4v) is 2.62. The van der Waals surface area contributed by atoms with Gasteiger partial charge in [-0.1, -0.05) is 45.7 Å². The number of halogens is 3. The van der Waals surface area contributed by atoms with Gasteiger partial charge in [0, 0.05) is 17.0 Å². The van der Waals surface area contributed by atoms with E-state index in [1.807, 2.05) is 24.3 Å². The van der Waals surface area contributed by atoms with Gasteiger partial charge in [-0.05, 0) is 41.5 Å². The van der Waals surface area contributed by atoms with Crippen molar-refractivity contribution in [2.45, 2.75) is 6.42 Å². The summed E-state index contributed by atoms with van der Waals surface area (Å²) in [4.78, 5) is 23.2. The maximum Gasteiger partial charge on any atom is 0.426 e. The Morgan fingerprint density at radius 2 is 2.00 bits per heavy atom. The maximum atomic E-state index is 12.9. The van der Waals surface area contributed by atoms with E-state index < -0.39 is 17.8 Å². The molecule has 5 nitrogen and oxygen atoms in total. The third-order valence-corrected chi connectivity index (χ3v) is 4.00. The smallest absolute Gasteiger partial charge is 0.426 e. The van der Waals surface area contributed by atoms with E-state index in [1.165, 1.54) is 18.2 Å². The summed E-state index contributed by atoms with van der Waals surface area (Å²) in [5, 5.41) is 0.175. The molecule has 0 saturated heterocycles. The quantitative estimate of drug-likeness (QED) is 0.538. The van der Waals surface area contributed by atoms with Gasteiger partial charge in [-0.3, -0.25) is 10.2 Å². The molecule has 0 bridgehead atoms. The molecule has 136 valence electrons. The fraction of sp³-hybridized carbons (Fsp3) is 0.111. The molecule has 26 heavy (non-hydrogen) atoms. The molecular weight excluding hydrogens is 427 g/mol. The van der Waals surface area contributed by atoms with Crippen molar-refractivity contribution in [2.75, 3.05) is 6.61 Å². The van der Waals surface area contributed by atoms with Crippen molar-refractivity contribution in [1.29, 1.82) is 0 Å². The van der Waals surface area contributed by atoms with Crippen LogP contribution >= 0.6 is 27.5 Å². The molecular formula is C18H15BrClFN2O3. The summed E-state index contributed by atoms with van der Waals surface area (Å²) in [5.74, 6) is -1.06. The normalized spacial score (nSPS) is 10.6. The lowest BCUT2D eigenvalue weighted by atomic mass is 10.2. The number of hydrazine groups is 1. The second kappa shape index (κ2) is 9.94. The Labute approximate surface area is 163 Å². The van der Waals surface area contributed by atoms with Gasteiger partial charge in [0.15, 0.2) is 0 Å². The summed E-state index contributed by atoms with van der Waals surface area (Å²) >= 11 is 9.20. The average Bonchev–Trinajstić information content (AvgIpc) is 2.59. The van der Waals surface area contributed by atoms with Crippen LogP contribution in [-0.2, 0) is 16.0 Å². The molecule has 0 spiro atoms. The molecule has 0 aliphatic rings. The third kappa shape index (κ3) is 6.85. The van der Waals surface area contributed by atoms with Crippen molar-refractivity contribution >= 4 is 45.6 Å². The molecule has 0 fully saturated rings. The number of hydrogen-bond donors (Lipinski definition) is 2. The zero-order valence-corrected chi connectivity index (χ0v) is 15.8. The number of carbonyl (C=O) groups is 2. The summed E-state index contributed by atoms with van der Waals surface area (Å²) in [6.07, 6.45) is 2.32. The predicted octanol–water partition coefficient (Wildman–Crippen LogP) is 4.25. The van der Waals surface area contributed by atoms with Crippen LogP contribution < -0.4 is 10.9 Å². The molecule has 0 radical (unpaired) electrons. The van der Waals surface area contributed by atoms with Crippen molar-refractivity contribution < 1.29 is 18.7 Å². The minimum absolute atomic E-state index is 0.166. The summed E-state index contributed by atoms with van der Waals surface area (Å²) in [6.45, 7) is 0.166. The first kappa shape index (κ1) is 19.9. The zero-order valence-electron chi connectivity index (χ0n) is 13.5. The number of carbonyl (C=O) groups excluding carboxylic acids is 2. The first-order valence-corrected chi connectivity index (χ1v) is 8.71. The molecule has 8 heteroatoms. The van der Waals surface area contributed by atoms with Gasteiger partial charge in [0.05, 0.1) is 11.6 Å². The molecule has 2 N–H and O–H groups in total. The van der Waals surface area contributed by atoms with Gasteiger partial charge in [-0.25, -0.2) is 14.6 Å². The fourth-order valence-electron chi connectivity index (χ4n) is 1.95. The predicted molar refractivity (Wildman–Crippen MR) is 101 cm³/mol. The minimum atomic E-state index is -0.776. The average molecular weight is 442 g/mol. The van der Waals surface area contributed by atoms with Crippen LogP contribution in [0.2, 0.25) is 5.02 Å². The van der Waals surface area contributed by atoms with Crippen LogP contribution in [-0.4, -0.2) is 18.6 Å². The highest BCUT2D eigenvalue weighted by Crippen LogP contribution is 2.18. The molecule has 0 aliphatic heterocycles. The number of benzene rings is 2. The summed E-state index contributed by atoms with van der Waals surface area (Å²) in [5.41, 5.74) is 5.77. The number of ether oxygens (including phenoxy) is 1. The van der Waals surface area contributed by atoms with E-state index >= 15 is 0 Å². The lowest BCUT2D eigenvalue weighted by Gasteiger charge is -2.07. The van der Waals surface area contributed by atoms with Crippen LogP contribution in [0.3, 0.4) is 0 Å². The molecule has 0 aromatic heterocycles. The third-order valence-electron chi connectivity index (χ3n) is 3.18. The van der Waals surface area contributed by atoms with Crippen LogP contribution in [0.15, 0.2) is 53.0 Å². The van der Waals surface area contributed by atoms with Gasteiger partial charge < -0.3 is 4.74 Å². The van der Waals surface area contributed by atoms with Gasteiger partial charge in [0.1, 0.15) is 5.82 Å². The van der Waals surface area contributed by atoms with Gasteiger partial charge in [0.25, 0.3) is 5.91 Å². The maximum absolute atomic E-state index is 12.9. The lowest BCUT2D eigenvalue weighted by molar-refractivity contribution is -0.117. The Hall–Kier alpha value is -2.38. The number of amides is 2. The second-order valence-electron chi connectivity index (χ2n) is 5.13. The molecule has 0 atom stereocenters. The topological polar surface area (TPSA) is 67.4 Å². The highest BCUT2D eigenvalue weighted by molar-refractivity contribution is 9.10. The lowest BCUT2D eigenvalue weighted by Crippen LogP contribution is -2.41. The molecule has 0 aliphatic carbocycles. The summed E-state index contributed by atoms with van der Waals surface area (Å²) in [7, 11) is 0. The minimum Gasteiger partial charge on any atom is -0.448 e. The molecule has 0 heterocycles. The highest BCUT2D eigenvalue weighted by Gasteiger charge is 2.04. The van der Waals surface area contributed by atoms with Crippen molar-refractivity contribution in [1.82, 2.24) is 10.9 Å². The summed E-state index contributed by atoms with van der Waals surface area (Å²) < 4.78 is 18.8. The van der Waals surface area contributed by atoms with Crippen LogP contribution in [0.4, 0.5) is 9.18 Å². The zero-order chi connectivity index (χ0) is 18.9. The van der Waals surface area contributed by atoms with Crippen LogP contribution in [0.5, 0.6) is 0 Å². The van der Waals surface area contributed by atoms with E-state index in [1.54, 1.807) is 0 Å². The molecule has 2 rings (SSSR count). The highest BCUT2D eigenvalue weighted by atomic mass is 79.9. The Bertz CT molecular complexity index is 830. The van der Waals surface area contributed by atoms with Gasteiger partial charge in [-0.2, -0.15) is 0 Å². The molecule has 0 unspecified atom stereocenters. The first-order chi connectivity index (χ1) is 12.4. The Balaban J connectivity index is 1.71. The first-order valence-electron chi connectivity index (χ1n) is 7.54. The van der Waals surface area contributed by atoms with E-state index in [2.05, 4.69) is 26.8 Å². The van der Waals surface area contributed by atoms with E-state index in [4.69, 9.17) is 16.3 Å². The van der Waals surface area contributed by atoms with Crippen molar-refractivity contribution in [3.63, 3.8) is 0 Å². The van der Waals surface area contributed by atoms with Gasteiger partial charge in [-0.15, -0.1) is 0 Å². The van der Waals surface area contributed by atoms with Crippen molar-refractivity contribution in [3.05, 3.63) is 75.0 Å². The van der Waals surface area contributed by atoms with Crippen molar-refractivity contribution in [2.24, 2.45) is 0 Å². The standard InChI is InChI=1S/C18H15BrClFN2O3/c19-14-3-1-2-12(10-14)8-9-26-18(25)23-22-17(24)7-5-13-4-6-15(21)11-16(13)20/h1-7,10-11H,8-9H2,(H,22,24)(H,23,25). The van der Waals surface area contributed by atoms with Crippen molar-refractivity contribution in [3.8, 4) is 0 Å². The number of hydrogen-bond acceptors (Lipinski definition) is 3. The Morgan fingerprint density at radius 3 is 2.73 bits per heavy atom. The van der Waals surface area contributed by atoms with E-state index in [0.717, 1.165) is 22.2 Å². The second-order valence-corrected chi connectivity index (χ2v) is 6.45. The Morgan fingerprint density at radius 1 is 1.19 bits per heavy atom. The summed E-state index contributed by atoms with van der Waals surface area (Å²) in [6, 6.07) is 11.4. The molecule has 0 saturated carbocycles. The largest absolute Gasteiger partial charge is 0.448 e. The monoisotopic (exact) mass is 440 g/mol. The molecule has 2 aromatic carbocycles. The van der Waals surface area contributed by atoms with E-state index in [9.17, 15) is 14.0 Å². The SMILES string of the molecule is O=C(C=Cc1ccc(F)cc1Cl)NNC(=O)OCCc1cccc(Br)c1. The van der Waals surface area contributed by atoms with Crippen LogP contribution in [0, 0.1) is 5.82 Å². The Kier molecular flexibility index (Phi) is 7.62. The molecule has 2 aromatic rings. The van der Waals surface area contributed by atoms with Crippen LogP contribution in [0.1, 0.15) is 11.1 Å². The van der Waals surface area contributed by atoms with E-state index in [0.29, 0.717) is 12.0 Å². The number of nitrogens with one attached hydrogen (secondary N) is 2. The van der Waals surface area contributed by atoms with Crippen LogP contribution in [0.25, 0.3) is 6.08 Å². The molecule has 2 amide bonds. The van der Waals surface area contributed by atoms with Gasteiger partial charge in [0.2, 0.25) is 0 Å².